The molecular formula is C39H43N3. The average molecular weight is 554 g/mol. The lowest BCUT2D eigenvalue weighted by Crippen LogP contribution is -2.07. The van der Waals surface area contributed by atoms with Gasteiger partial charge in [0.2, 0.25) is 0 Å². The van der Waals surface area contributed by atoms with E-state index in [1.54, 1.807) is 6.33 Å². The Kier molecular flexibility index (Phi) is 8.68. The highest BCUT2D eigenvalue weighted by molar-refractivity contribution is 5.78. The Hall–Kier alpha value is -4.11. The van der Waals surface area contributed by atoms with Gasteiger partial charge < -0.3 is 0 Å². The van der Waals surface area contributed by atoms with Gasteiger partial charge in [-0.3, -0.25) is 0 Å². The number of hydrogen-bond donors (Lipinski definition) is 0. The lowest BCUT2D eigenvalue weighted by molar-refractivity contribution is 0.828. The molecule has 0 radical (unpaired) electrons. The molecule has 5 rings (SSSR count). The summed E-state index contributed by atoms with van der Waals surface area (Å²) in [4.78, 5) is 14.9. The van der Waals surface area contributed by atoms with E-state index in [9.17, 15) is 0 Å². The highest BCUT2D eigenvalue weighted by atomic mass is 15.0. The largest absolute Gasteiger partial charge is 0.216 e. The lowest BCUT2D eigenvalue weighted by Gasteiger charge is -2.23. The van der Waals surface area contributed by atoms with Crippen molar-refractivity contribution in [2.24, 2.45) is 0 Å². The van der Waals surface area contributed by atoms with Gasteiger partial charge in [-0.2, -0.15) is 0 Å². The van der Waals surface area contributed by atoms with Crippen LogP contribution in [0.1, 0.15) is 101 Å². The van der Waals surface area contributed by atoms with Crippen molar-refractivity contribution in [3.63, 3.8) is 0 Å². The first-order valence-electron chi connectivity index (χ1n) is 15.3. The fourth-order valence-corrected chi connectivity index (χ4v) is 5.84. The topological polar surface area (TPSA) is 38.7 Å². The van der Waals surface area contributed by atoms with Crippen LogP contribution in [0.5, 0.6) is 0 Å². The molecule has 0 unspecified atom stereocenters. The quantitative estimate of drug-likeness (QED) is 0.192. The zero-order valence-electron chi connectivity index (χ0n) is 26.3. The summed E-state index contributed by atoms with van der Waals surface area (Å²) >= 11 is 0. The fourth-order valence-electron chi connectivity index (χ4n) is 5.84. The lowest BCUT2D eigenvalue weighted by atomic mass is 9.84. The van der Waals surface area contributed by atoms with Crippen molar-refractivity contribution in [3.8, 4) is 45.0 Å². The fraction of sp³-hybridized carbons (Fsp3) is 0.308. The monoisotopic (exact) mass is 553 g/mol. The molecule has 0 fully saturated rings. The summed E-state index contributed by atoms with van der Waals surface area (Å²) in [5.74, 6) is 2.74. The third kappa shape index (κ3) is 5.92. The van der Waals surface area contributed by atoms with Crippen LogP contribution in [0.2, 0.25) is 0 Å². The first-order valence-corrected chi connectivity index (χ1v) is 15.3. The molecule has 0 atom stereocenters. The first kappa shape index (κ1) is 29.4. The SMILES string of the molecule is CC(C)c1cc(-c2ccccc2)cc(C(C)C)c1-c1ncnc(-c2c(C(C)C)cc(-c3ccccc3)cc2C(C)C)n1. The van der Waals surface area contributed by atoms with Gasteiger partial charge in [-0.05, 0) is 68.2 Å². The predicted octanol–water partition coefficient (Wildman–Crippen LogP) is 11.0. The summed E-state index contributed by atoms with van der Waals surface area (Å²) in [5.41, 5.74) is 12.3. The normalized spacial score (nSPS) is 11.7. The van der Waals surface area contributed by atoms with Crippen LogP contribution in [0.4, 0.5) is 0 Å². The van der Waals surface area contributed by atoms with Crippen molar-refractivity contribution >= 4 is 0 Å². The number of benzene rings is 4. The van der Waals surface area contributed by atoms with Crippen molar-refractivity contribution in [2.75, 3.05) is 0 Å². The van der Waals surface area contributed by atoms with E-state index >= 15 is 0 Å². The van der Waals surface area contributed by atoms with E-state index in [1.165, 1.54) is 44.5 Å². The molecule has 0 N–H and O–H groups in total. The highest BCUT2D eigenvalue weighted by Crippen LogP contribution is 2.41. The molecule has 0 saturated heterocycles. The van der Waals surface area contributed by atoms with E-state index in [0.717, 1.165) is 22.8 Å². The summed E-state index contributed by atoms with van der Waals surface area (Å²) in [6.07, 6.45) is 1.70. The van der Waals surface area contributed by atoms with E-state index in [1.807, 2.05) is 0 Å². The van der Waals surface area contributed by atoms with Gasteiger partial charge in [-0.15, -0.1) is 0 Å². The van der Waals surface area contributed by atoms with E-state index < -0.39 is 0 Å². The molecular weight excluding hydrogens is 510 g/mol. The molecule has 0 spiro atoms. The van der Waals surface area contributed by atoms with Gasteiger partial charge >= 0.3 is 0 Å². The molecule has 3 nitrogen and oxygen atoms in total. The van der Waals surface area contributed by atoms with Gasteiger partial charge in [0.05, 0.1) is 0 Å². The molecule has 3 heteroatoms. The Morgan fingerprint density at radius 1 is 0.405 bits per heavy atom. The van der Waals surface area contributed by atoms with Gasteiger partial charge in [-0.1, -0.05) is 140 Å². The Balaban J connectivity index is 1.74. The molecule has 0 aliphatic heterocycles. The number of nitrogens with zero attached hydrogens (tertiary/aromatic N) is 3. The second-order valence-electron chi connectivity index (χ2n) is 12.5. The van der Waals surface area contributed by atoms with Crippen LogP contribution in [0.15, 0.2) is 91.3 Å². The van der Waals surface area contributed by atoms with Crippen molar-refractivity contribution < 1.29 is 0 Å². The maximum atomic E-state index is 5.27. The molecule has 0 amide bonds. The number of aromatic nitrogens is 3. The van der Waals surface area contributed by atoms with Gasteiger partial charge in [0.1, 0.15) is 6.33 Å². The summed E-state index contributed by atoms with van der Waals surface area (Å²) in [6, 6.07) is 30.6. The number of rotatable bonds is 8. The summed E-state index contributed by atoms with van der Waals surface area (Å²) in [7, 11) is 0. The predicted molar refractivity (Wildman–Crippen MR) is 178 cm³/mol. The molecule has 0 aliphatic carbocycles. The molecule has 42 heavy (non-hydrogen) atoms. The van der Waals surface area contributed by atoms with Crippen LogP contribution in [0.25, 0.3) is 45.0 Å². The average Bonchev–Trinajstić information content (AvgIpc) is 3.00. The Labute approximate surface area is 252 Å². The maximum absolute atomic E-state index is 5.27. The van der Waals surface area contributed by atoms with Gasteiger partial charge in [0.25, 0.3) is 0 Å². The molecule has 214 valence electrons. The minimum Gasteiger partial charge on any atom is -0.216 e. The second-order valence-corrected chi connectivity index (χ2v) is 12.5. The van der Waals surface area contributed by atoms with Crippen LogP contribution in [-0.4, -0.2) is 15.0 Å². The molecule has 5 aromatic rings. The Bertz CT molecular complexity index is 1490. The zero-order valence-corrected chi connectivity index (χ0v) is 26.3. The third-order valence-electron chi connectivity index (χ3n) is 8.12. The minimum absolute atomic E-state index is 0.309. The summed E-state index contributed by atoms with van der Waals surface area (Å²) < 4.78 is 0. The standard InChI is InChI=1S/C39H43N3/c1-24(2)32-19-30(28-15-11-9-12-16-28)20-33(25(3)4)36(32)38-40-23-41-39(42-38)37-34(26(5)6)21-31(22-35(37)27(7)8)29-17-13-10-14-18-29/h9-27H,1-8H3. The van der Waals surface area contributed by atoms with Crippen LogP contribution in [-0.2, 0) is 0 Å². The molecule has 4 aromatic carbocycles. The van der Waals surface area contributed by atoms with Crippen molar-refractivity contribution in [1.82, 2.24) is 15.0 Å². The second kappa shape index (κ2) is 12.4. The third-order valence-corrected chi connectivity index (χ3v) is 8.12. The summed E-state index contributed by atoms with van der Waals surface area (Å²) in [5, 5.41) is 0. The van der Waals surface area contributed by atoms with Crippen LogP contribution in [0.3, 0.4) is 0 Å². The van der Waals surface area contributed by atoms with Crippen molar-refractivity contribution in [2.45, 2.75) is 79.1 Å². The molecule has 0 aliphatic rings. The summed E-state index contributed by atoms with van der Waals surface area (Å²) in [6.45, 7) is 18.1. The first-order chi connectivity index (χ1) is 20.2. The van der Waals surface area contributed by atoms with Gasteiger partial charge in [0, 0.05) is 11.1 Å². The highest BCUT2D eigenvalue weighted by Gasteiger charge is 2.24. The Morgan fingerprint density at radius 2 is 0.714 bits per heavy atom. The smallest absolute Gasteiger partial charge is 0.163 e. The van der Waals surface area contributed by atoms with Crippen LogP contribution < -0.4 is 0 Å². The molecule has 0 bridgehead atoms. The zero-order chi connectivity index (χ0) is 30.0. The van der Waals surface area contributed by atoms with E-state index in [4.69, 9.17) is 15.0 Å². The van der Waals surface area contributed by atoms with Crippen LogP contribution in [0, 0.1) is 0 Å². The van der Waals surface area contributed by atoms with E-state index in [-0.39, 0.29) is 0 Å². The van der Waals surface area contributed by atoms with Crippen LogP contribution >= 0.6 is 0 Å². The van der Waals surface area contributed by atoms with E-state index in [0.29, 0.717) is 23.7 Å². The van der Waals surface area contributed by atoms with Gasteiger partial charge in [-0.25, -0.2) is 15.0 Å². The molecule has 1 heterocycles. The molecule has 0 saturated carbocycles. The van der Waals surface area contributed by atoms with Crippen molar-refractivity contribution in [3.05, 3.63) is 114 Å². The Morgan fingerprint density at radius 3 is 1.00 bits per heavy atom. The van der Waals surface area contributed by atoms with Gasteiger partial charge in [0.15, 0.2) is 11.6 Å². The minimum atomic E-state index is 0.309. The van der Waals surface area contributed by atoms with E-state index in [2.05, 4.69) is 140 Å². The maximum Gasteiger partial charge on any atom is 0.163 e. The van der Waals surface area contributed by atoms with Crippen molar-refractivity contribution in [1.29, 1.82) is 0 Å². The molecule has 1 aromatic heterocycles. The number of hydrogen-bond acceptors (Lipinski definition) is 3.